The van der Waals surface area contributed by atoms with Gasteiger partial charge in [0.15, 0.2) is 6.54 Å². The van der Waals surface area contributed by atoms with E-state index in [4.69, 9.17) is 16.3 Å². The second kappa shape index (κ2) is 10.3. The Bertz CT molecular complexity index is 675. The first-order valence-electron chi connectivity index (χ1n) is 9.19. The highest BCUT2D eigenvalue weighted by Gasteiger charge is 2.30. The molecule has 1 saturated heterocycles. The minimum absolute atomic E-state index is 0.0389. The van der Waals surface area contributed by atoms with Gasteiger partial charge in [-0.25, -0.2) is 0 Å². The Labute approximate surface area is 164 Å². The number of para-hydroxylation sites is 1. The van der Waals surface area contributed by atoms with Gasteiger partial charge in [0.05, 0.1) is 42.9 Å². The number of ether oxygens (including phenoxy) is 1. The predicted octanol–water partition coefficient (Wildman–Crippen LogP) is 0.595. The highest BCUT2D eigenvalue weighted by atomic mass is 35.5. The molecule has 1 heterocycles. The minimum atomic E-state index is -0.296. The molecule has 0 unspecified atom stereocenters. The molecule has 0 radical (unpaired) electrons. The van der Waals surface area contributed by atoms with Gasteiger partial charge in [-0.2, -0.15) is 0 Å². The second-order valence-corrected chi connectivity index (χ2v) is 7.14. The van der Waals surface area contributed by atoms with Crippen LogP contribution in [0.25, 0.3) is 0 Å². The van der Waals surface area contributed by atoms with Crippen LogP contribution < -0.4 is 10.2 Å². The summed E-state index contributed by atoms with van der Waals surface area (Å²) in [6.45, 7) is 3.96. The smallest absolute Gasteiger partial charge is 0.309 e. The average Bonchev–Trinajstić information content (AvgIpc) is 2.64. The molecular formula is C19H27ClN3O4+. The molecule has 0 atom stereocenters. The van der Waals surface area contributed by atoms with E-state index in [9.17, 15) is 14.4 Å². The Morgan fingerprint density at radius 1 is 1.26 bits per heavy atom. The third-order valence-corrected chi connectivity index (χ3v) is 5.00. The SMILES string of the molecule is CCOC(=O)C1CC[NH+](CC(=O)N(C)CC(=O)Nc2ccccc2Cl)CC1. The van der Waals surface area contributed by atoms with Crippen molar-refractivity contribution in [1.82, 2.24) is 4.90 Å². The summed E-state index contributed by atoms with van der Waals surface area (Å²) in [6.07, 6.45) is 1.44. The monoisotopic (exact) mass is 396 g/mol. The Hall–Kier alpha value is -2.12. The fourth-order valence-corrected chi connectivity index (χ4v) is 3.29. The van der Waals surface area contributed by atoms with Crippen molar-refractivity contribution in [3.8, 4) is 0 Å². The van der Waals surface area contributed by atoms with Gasteiger partial charge in [-0.1, -0.05) is 23.7 Å². The molecule has 1 aliphatic rings. The number of piperidine rings is 1. The van der Waals surface area contributed by atoms with Crippen molar-refractivity contribution in [2.75, 3.05) is 45.2 Å². The first-order chi connectivity index (χ1) is 12.9. The molecule has 1 aliphatic heterocycles. The van der Waals surface area contributed by atoms with Crippen molar-refractivity contribution in [3.63, 3.8) is 0 Å². The van der Waals surface area contributed by atoms with Crippen molar-refractivity contribution in [2.24, 2.45) is 5.92 Å². The lowest BCUT2D eigenvalue weighted by molar-refractivity contribution is -0.898. The van der Waals surface area contributed by atoms with Crippen molar-refractivity contribution >= 4 is 35.1 Å². The number of likely N-dealkylation sites (tertiary alicyclic amines) is 1. The van der Waals surface area contributed by atoms with Crippen LogP contribution in [0.5, 0.6) is 0 Å². The van der Waals surface area contributed by atoms with E-state index in [0.29, 0.717) is 23.9 Å². The fraction of sp³-hybridized carbons (Fsp3) is 0.526. The third kappa shape index (κ3) is 6.52. The number of anilines is 1. The summed E-state index contributed by atoms with van der Waals surface area (Å²) in [5, 5.41) is 3.16. The van der Waals surface area contributed by atoms with Gasteiger partial charge in [-0.05, 0) is 19.1 Å². The number of nitrogens with zero attached hydrogens (tertiary/aromatic N) is 1. The Balaban J connectivity index is 1.75. The lowest BCUT2D eigenvalue weighted by Gasteiger charge is -2.28. The third-order valence-electron chi connectivity index (χ3n) is 4.67. The van der Waals surface area contributed by atoms with Crippen LogP contribution in [-0.4, -0.2) is 62.5 Å². The van der Waals surface area contributed by atoms with Crippen LogP contribution in [-0.2, 0) is 19.1 Å². The molecule has 148 valence electrons. The molecule has 0 saturated carbocycles. The zero-order valence-corrected chi connectivity index (χ0v) is 16.6. The molecule has 1 aromatic carbocycles. The van der Waals surface area contributed by atoms with Crippen LogP contribution in [0.2, 0.25) is 5.02 Å². The molecule has 1 aromatic rings. The fourth-order valence-electron chi connectivity index (χ4n) is 3.10. The number of nitrogens with one attached hydrogen (secondary N) is 2. The maximum absolute atomic E-state index is 12.4. The van der Waals surface area contributed by atoms with Gasteiger partial charge < -0.3 is 19.9 Å². The van der Waals surface area contributed by atoms with E-state index in [0.717, 1.165) is 30.8 Å². The number of carbonyl (C=O) groups excluding carboxylic acids is 3. The number of benzene rings is 1. The molecule has 0 bridgehead atoms. The summed E-state index contributed by atoms with van der Waals surface area (Å²) >= 11 is 6.02. The van der Waals surface area contributed by atoms with Gasteiger partial charge in [-0.15, -0.1) is 0 Å². The summed E-state index contributed by atoms with van der Waals surface area (Å²) in [4.78, 5) is 38.8. The highest BCUT2D eigenvalue weighted by molar-refractivity contribution is 6.33. The molecule has 2 amide bonds. The lowest BCUT2D eigenvalue weighted by Crippen LogP contribution is -3.14. The topological polar surface area (TPSA) is 80.2 Å². The number of esters is 1. The van der Waals surface area contributed by atoms with E-state index in [1.165, 1.54) is 4.90 Å². The summed E-state index contributed by atoms with van der Waals surface area (Å²) in [6, 6.07) is 6.95. The number of hydrogen-bond donors (Lipinski definition) is 2. The molecule has 0 aliphatic carbocycles. The number of amides is 2. The van der Waals surface area contributed by atoms with E-state index >= 15 is 0 Å². The van der Waals surface area contributed by atoms with E-state index in [1.807, 2.05) is 0 Å². The zero-order valence-electron chi connectivity index (χ0n) is 15.8. The number of carbonyl (C=O) groups is 3. The Morgan fingerprint density at radius 2 is 1.93 bits per heavy atom. The van der Waals surface area contributed by atoms with Crippen LogP contribution >= 0.6 is 11.6 Å². The van der Waals surface area contributed by atoms with E-state index in [1.54, 1.807) is 38.2 Å². The molecular weight excluding hydrogens is 370 g/mol. The van der Waals surface area contributed by atoms with Gasteiger partial charge in [0.25, 0.3) is 5.91 Å². The molecule has 2 N–H and O–H groups in total. The molecule has 0 aromatic heterocycles. The maximum Gasteiger partial charge on any atom is 0.309 e. The van der Waals surface area contributed by atoms with Crippen molar-refractivity contribution in [1.29, 1.82) is 0 Å². The molecule has 8 heteroatoms. The maximum atomic E-state index is 12.4. The van der Waals surface area contributed by atoms with Gasteiger partial charge >= 0.3 is 5.97 Å². The Kier molecular flexibility index (Phi) is 8.06. The number of quaternary nitrogens is 1. The Morgan fingerprint density at radius 3 is 2.56 bits per heavy atom. The number of halogens is 1. The van der Waals surface area contributed by atoms with Crippen molar-refractivity contribution in [2.45, 2.75) is 19.8 Å². The number of likely N-dealkylation sites (N-methyl/N-ethyl adjacent to an activating group) is 1. The average molecular weight is 397 g/mol. The summed E-state index contributed by atoms with van der Waals surface area (Å²) in [5.41, 5.74) is 0.525. The predicted molar refractivity (Wildman–Crippen MR) is 103 cm³/mol. The highest BCUT2D eigenvalue weighted by Crippen LogP contribution is 2.20. The molecule has 7 nitrogen and oxygen atoms in total. The second-order valence-electron chi connectivity index (χ2n) is 6.73. The standard InChI is InChI=1S/C19H26ClN3O4/c1-3-27-19(26)14-8-10-23(11-9-14)13-18(25)22(2)12-17(24)21-16-7-5-4-6-15(16)20/h4-7,14H,3,8-13H2,1-2H3,(H,21,24)/p+1. The first kappa shape index (κ1) is 21.2. The van der Waals surface area contributed by atoms with Crippen LogP contribution in [0.15, 0.2) is 24.3 Å². The van der Waals surface area contributed by atoms with Gasteiger partial charge in [0, 0.05) is 19.9 Å². The zero-order chi connectivity index (χ0) is 19.8. The molecule has 1 fully saturated rings. The summed E-state index contributed by atoms with van der Waals surface area (Å²) in [7, 11) is 1.61. The van der Waals surface area contributed by atoms with Gasteiger partial charge in [-0.3, -0.25) is 14.4 Å². The van der Waals surface area contributed by atoms with Crippen LogP contribution in [0.4, 0.5) is 5.69 Å². The van der Waals surface area contributed by atoms with E-state index in [-0.39, 0.29) is 30.2 Å². The van der Waals surface area contributed by atoms with Crippen molar-refractivity contribution < 1.29 is 24.0 Å². The van der Waals surface area contributed by atoms with Gasteiger partial charge in [0.2, 0.25) is 5.91 Å². The lowest BCUT2D eigenvalue weighted by atomic mass is 9.97. The van der Waals surface area contributed by atoms with Crippen LogP contribution in [0, 0.1) is 5.92 Å². The van der Waals surface area contributed by atoms with Crippen LogP contribution in [0.3, 0.4) is 0 Å². The summed E-state index contributed by atoms with van der Waals surface area (Å²) in [5.74, 6) is -0.608. The summed E-state index contributed by atoms with van der Waals surface area (Å²) < 4.78 is 5.06. The van der Waals surface area contributed by atoms with Crippen molar-refractivity contribution in [3.05, 3.63) is 29.3 Å². The van der Waals surface area contributed by atoms with E-state index < -0.39 is 0 Å². The number of hydrogen-bond acceptors (Lipinski definition) is 4. The minimum Gasteiger partial charge on any atom is -0.466 e. The van der Waals surface area contributed by atoms with Gasteiger partial charge in [0.1, 0.15) is 0 Å². The largest absolute Gasteiger partial charge is 0.466 e. The normalized spacial score (nSPS) is 19.2. The first-order valence-corrected chi connectivity index (χ1v) is 9.57. The van der Waals surface area contributed by atoms with Crippen LogP contribution in [0.1, 0.15) is 19.8 Å². The molecule has 27 heavy (non-hydrogen) atoms. The number of rotatable bonds is 7. The molecule has 0 spiro atoms. The quantitative estimate of drug-likeness (QED) is 0.661. The molecule has 2 rings (SSSR count). The van der Waals surface area contributed by atoms with E-state index in [2.05, 4.69) is 5.32 Å².